The minimum absolute atomic E-state index is 0. The van der Waals surface area contributed by atoms with E-state index in [9.17, 15) is 0 Å². The average Bonchev–Trinajstić information content (AvgIpc) is 2.99. The molecule has 0 amide bonds. The van der Waals surface area contributed by atoms with Crippen LogP contribution in [0.5, 0.6) is 0 Å². The van der Waals surface area contributed by atoms with Gasteiger partial charge in [0.1, 0.15) is 0 Å². The number of hydrogen-bond donors (Lipinski definition) is 2. The average molecular weight is 463 g/mol. The largest absolute Gasteiger partial charge is 0.378 e. The Bertz CT molecular complexity index is 541. The van der Waals surface area contributed by atoms with E-state index >= 15 is 0 Å². The third kappa shape index (κ3) is 5.09. The summed E-state index contributed by atoms with van der Waals surface area (Å²) >= 11 is 0. The molecule has 144 valence electrons. The lowest BCUT2D eigenvalue weighted by Gasteiger charge is -2.55. The standard InChI is InChI=1S/C18H33N5O.HI/c1-6-18(7-2)15(11-16(18)24-8-3)22-17(19-4)20-10-9-14-12-21-23(5)13-14;/h12-13,15-16H,6-11H2,1-5H3,(H2,19,20,22);1H. The lowest BCUT2D eigenvalue weighted by molar-refractivity contribution is -0.133. The van der Waals surface area contributed by atoms with Crippen LogP contribution < -0.4 is 10.6 Å². The third-order valence-electron chi connectivity index (χ3n) is 5.47. The molecule has 0 radical (unpaired) electrons. The van der Waals surface area contributed by atoms with Crippen molar-refractivity contribution in [2.75, 3.05) is 20.2 Å². The van der Waals surface area contributed by atoms with E-state index in [1.54, 1.807) is 0 Å². The number of halogens is 1. The molecule has 6 nitrogen and oxygen atoms in total. The van der Waals surface area contributed by atoms with Crippen LogP contribution in [0.2, 0.25) is 0 Å². The summed E-state index contributed by atoms with van der Waals surface area (Å²) < 4.78 is 7.79. The number of rotatable bonds is 8. The predicted octanol–water partition coefficient (Wildman–Crippen LogP) is 2.73. The SMILES string of the molecule is CCOC1CC(NC(=NC)NCCc2cnn(C)c2)C1(CC)CC.I. The van der Waals surface area contributed by atoms with Crippen molar-refractivity contribution in [2.24, 2.45) is 17.5 Å². The number of aliphatic imine (C=N–C) groups is 1. The van der Waals surface area contributed by atoms with Crippen LogP contribution in [0.25, 0.3) is 0 Å². The Hall–Kier alpha value is -0.830. The van der Waals surface area contributed by atoms with Crippen LogP contribution in [-0.2, 0) is 18.2 Å². The van der Waals surface area contributed by atoms with Crippen molar-refractivity contribution in [2.45, 2.75) is 58.6 Å². The van der Waals surface area contributed by atoms with E-state index < -0.39 is 0 Å². The Labute approximate surface area is 169 Å². The zero-order valence-corrected chi connectivity index (χ0v) is 18.5. The number of nitrogens with zero attached hydrogens (tertiary/aromatic N) is 3. The van der Waals surface area contributed by atoms with Crippen molar-refractivity contribution in [1.82, 2.24) is 20.4 Å². The lowest BCUT2D eigenvalue weighted by atomic mass is 9.58. The maximum atomic E-state index is 5.95. The topological polar surface area (TPSA) is 63.5 Å². The van der Waals surface area contributed by atoms with E-state index in [1.165, 1.54) is 5.56 Å². The first-order valence-electron chi connectivity index (χ1n) is 9.15. The highest BCUT2D eigenvalue weighted by Crippen LogP contribution is 2.48. The summed E-state index contributed by atoms with van der Waals surface area (Å²) in [7, 11) is 3.77. The van der Waals surface area contributed by atoms with Crippen molar-refractivity contribution in [3.8, 4) is 0 Å². The highest BCUT2D eigenvalue weighted by molar-refractivity contribution is 14.0. The minimum Gasteiger partial charge on any atom is -0.378 e. The van der Waals surface area contributed by atoms with Gasteiger partial charge in [0, 0.05) is 44.9 Å². The summed E-state index contributed by atoms with van der Waals surface area (Å²) in [5.74, 6) is 0.880. The number of hydrogen-bond acceptors (Lipinski definition) is 3. The molecule has 1 heterocycles. The smallest absolute Gasteiger partial charge is 0.191 e. The Morgan fingerprint density at radius 2 is 2.12 bits per heavy atom. The van der Waals surface area contributed by atoms with Crippen LogP contribution in [-0.4, -0.2) is 48.1 Å². The maximum Gasteiger partial charge on any atom is 0.191 e. The molecule has 0 aromatic carbocycles. The highest BCUT2D eigenvalue weighted by atomic mass is 127. The molecule has 1 aromatic rings. The van der Waals surface area contributed by atoms with Gasteiger partial charge in [0.15, 0.2) is 5.96 Å². The molecule has 1 saturated carbocycles. The predicted molar refractivity (Wildman–Crippen MR) is 114 cm³/mol. The van der Waals surface area contributed by atoms with Crippen molar-refractivity contribution in [3.05, 3.63) is 18.0 Å². The summed E-state index contributed by atoms with van der Waals surface area (Å²) in [4.78, 5) is 4.38. The molecule has 2 unspecified atom stereocenters. The normalized spacial score (nSPS) is 22.0. The highest BCUT2D eigenvalue weighted by Gasteiger charge is 2.53. The molecule has 25 heavy (non-hydrogen) atoms. The Balaban J connectivity index is 0.00000312. The molecule has 0 saturated heterocycles. The monoisotopic (exact) mass is 463 g/mol. The van der Waals surface area contributed by atoms with Gasteiger partial charge in [-0.15, -0.1) is 24.0 Å². The first kappa shape index (κ1) is 22.2. The van der Waals surface area contributed by atoms with Gasteiger partial charge in [-0.3, -0.25) is 9.67 Å². The molecular weight excluding hydrogens is 429 g/mol. The van der Waals surface area contributed by atoms with Crippen LogP contribution in [0.15, 0.2) is 17.4 Å². The minimum atomic E-state index is 0. The Kier molecular flexibility index (Phi) is 9.20. The molecule has 2 N–H and O–H groups in total. The molecule has 2 atom stereocenters. The van der Waals surface area contributed by atoms with Crippen LogP contribution in [0, 0.1) is 5.41 Å². The lowest BCUT2D eigenvalue weighted by Crippen LogP contribution is -2.65. The van der Waals surface area contributed by atoms with E-state index in [0.29, 0.717) is 12.1 Å². The molecule has 1 fully saturated rings. The molecule has 1 aliphatic carbocycles. The van der Waals surface area contributed by atoms with Gasteiger partial charge in [-0.25, -0.2) is 0 Å². The van der Waals surface area contributed by atoms with Crippen LogP contribution in [0.4, 0.5) is 0 Å². The van der Waals surface area contributed by atoms with Gasteiger partial charge in [0.05, 0.1) is 12.3 Å². The second kappa shape index (κ2) is 10.4. The fourth-order valence-electron chi connectivity index (χ4n) is 3.87. The second-order valence-corrected chi connectivity index (χ2v) is 6.59. The van der Waals surface area contributed by atoms with E-state index in [4.69, 9.17) is 4.74 Å². The van der Waals surface area contributed by atoms with E-state index in [2.05, 4.69) is 47.7 Å². The zero-order valence-electron chi connectivity index (χ0n) is 16.2. The van der Waals surface area contributed by atoms with Gasteiger partial charge >= 0.3 is 0 Å². The quantitative estimate of drug-likeness (QED) is 0.354. The second-order valence-electron chi connectivity index (χ2n) is 6.59. The van der Waals surface area contributed by atoms with E-state index in [0.717, 1.165) is 44.8 Å². The van der Waals surface area contributed by atoms with Crippen LogP contribution in [0.3, 0.4) is 0 Å². The summed E-state index contributed by atoms with van der Waals surface area (Å²) in [6.07, 6.45) is 8.57. The fourth-order valence-corrected chi connectivity index (χ4v) is 3.87. The van der Waals surface area contributed by atoms with Gasteiger partial charge in [-0.1, -0.05) is 13.8 Å². The fraction of sp³-hybridized carbons (Fsp3) is 0.778. The van der Waals surface area contributed by atoms with Gasteiger partial charge in [-0.05, 0) is 38.2 Å². The van der Waals surface area contributed by atoms with Gasteiger partial charge in [0.25, 0.3) is 0 Å². The molecule has 0 aliphatic heterocycles. The molecule has 0 spiro atoms. The number of guanidine groups is 1. The molecule has 1 aliphatic rings. The molecule has 1 aromatic heterocycles. The Morgan fingerprint density at radius 1 is 1.40 bits per heavy atom. The number of ether oxygens (including phenoxy) is 1. The maximum absolute atomic E-state index is 5.95. The first-order valence-corrected chi connectivity index (χ1v) is 9.15. The number of aryl methyl sites for hydroxylation is 1. The van der Waals surface area contributed by atoms with Crippen molar-refractivity contribution in [1.29, 1.82) is 0 Å². The number of nitrogens with one attached hydrogen (secondary N) is 2. The number of aromatic nitrogens is 2. The van der Waals surface area contributed by atoms with Crippen LogP contribution >= 0.6 is 24.0 Å². The third-order valence-corrected chi connectivity index (χ3v) is 5.47. The summed E-state index contributed by atoms with van der Waals surface area (Å²) in [6.45, 7) is 8.25. The van der Waals surface area contributed by atoms with Crippen molar-refractivity contribution in [3.63, 3.8) is 0 Å². The first-order chi connectivity index (χ1) is 11.6. The molecule has 2 rings (SSSR count). The van der Waals surface area contributed by atoms with Crippen molar-refractivity contribution >= 4 is 29.9 Å². The van der Waals surface area contributed by atoms with Crippen LogP contribution in [0.1, 0.15) is 45.6 Å². The molecule has 0 bridgehead atoms. The summed E-state index contributed by atoms with van der Waals surface area (Å²) in [5, 5.41) is 11.2. The van der Waals surface area contributed by atoms with Gasteiger partial charge in [0.2, 0.25) is 0 Å². The zero-order chi connectivity index (χ0) is 17.6. The van der Waals surface area contributed by atoms with E-state index in [-0.39, 0.29) is 29.4 Å². The molecule has 7 heteroatoms. The Morgan fingerprint density at radius 3 is 2.64 bits per heavy atom. The van der Waals surface area contributed by atoms with Gasteiger partial charge in [-0.2, -0.15) is 5.10 Å². The molecular formula is C18H34IN5O. The summed E-state index contributed by atoms with van der Waals surface area (Å²) in [6, 6.07) is 0.425. The van der Waals surface area contributed by atoms with Gasteiger partial charge < -0.3 is 15.4 Å². The van der Waals surface area contributed by atoms with E-state index in [1.807, 2.05) is 25.0 Å². The van der Waals surface area contributed by atoms with Crippen molar-refractivity contribution < 1.29 is 4.74 Å². The summed E-state index contributed by atoms with van der Waals surface area (Å²) in [5.41, 5.74) is 1.45.